The number of pyridine rings is 1. The summed E-state index contributed by atoms with van der Waals surface area (Å²) in [6.45, 7) is 5.85. The van der Waals surface area contributed by atoms with Gasteiger partial charge in [0.25, 0.3) is 5.91 Å². The fourth-order valence-corrected chi connectivity index (χ4v) is 2.66. The van der Waals surface area contributed by atoms with Crippen molar-refractivity contribution in [2.45, 2.75) is 19.8 Å². The van der Waals surface area contributed by atoms with Crippen molar-refractivity contribution in [1.82, 2.24) is 20.1 Å². The number of rotatable bonds is 6. The molecule has 23 heavy (non-hydrogen) atoms. The van der Waals surface area contributed by atoms with Gasteiger partial charge in [0.2, 0.25) is 5.91 Å². The molecule has 1 fully saturated rings. The first kappa shape index (κ1) is 17.7. The highest BCUT2D eigenvalue weighted by Gasteiger charge is 2.23. The Bertz CT molecular complexity index is 545. The zero-order valence-corrected chi connectivity index (χ0v) is 14.2. The van der Waals surface area contributed by atoms with Crippen LogP contribution in [0.15, 0.2) is 18.3 Å². The molecule has 0 atom stereocenters. The Morgan fingerprint density at radius 2 is 2.04 bits per heavy atom. The van der Waals surface area contributed by atoms with Crippen LogP contribution < -0.4 is 5.32 Å². The van der Waals surface area contributed by atoms with E-state index in [0.29, 0.717) is 43.4 Å². The first-order valence-corrected chi connectivity index (χ1v) is 8.38. The summed E-state index contributed by atoms with van der Waals surface area (Å²) in [5, 5.41) is 3.23. The molecular weight excluding hydrogens is 316 g/mol. The number of piperazine rings is 1. The molecule has 2 heterocycles. The second-order valence-electron chi connectivity index (χ2n) is 5.64. The highest BCUT2D eigenvalue weighted by molar-refractivity contribution is 6.29. The van der Waals surface area contributed by atoms with E-state index in [1.54, 1.807) is 17.0 Å². The average Bonchev–Trinajstić information content (AvgIpc) is 2.55. The summed E-state index contributed by atoms with van der Waals surface area (Å²) in [6, 6.07) is 3.25. The van der Waals surface area contributed by atoms with E-state index in [1.165, 1.54) is 6.20 Å². The molecule has 2 rings (SSSR count). The van der Waals surface area contributed by atoms with Crippen LogP contribution in [0, 0.1) is 0 Å². The van der Waals surface area contributed by atoms with E-state index in [-0.39, 0.29) is 11.8 Å². The molecule has 6 nitrogen and oxygen atoms in total. The van der Waals surface area contributed by atoms with Crippen LogP contribution in [0.1, 0.15) is 30.1 Å². The maximum Gasteiger partial charge on any atom is 0.254 e. The van der Waals surface area contributed by atoms with Gasteiger partial charge in [-0.3, -0.25) is 14.5 Å². The van der Waals surface area contributed by atoms with Gasteiger partial charge in [-0.25, -0.2) is 4.98 Å². The molecule has 1 aliphatic heterocycles. The first-order valence-electron chi connectivity index (χ1n) is 8.00. The van der Waals surface area contributed by atoms with E-state index in [9.17, 15) is 9.59 Å². The molecule has 0 spiro atoms. The third-order valence-electron chi connectivity index (χ3n) is 3.85. The smallest absolute Gasteiger partial charge is 0.254 e. The molecule has 1 aromatic heterocycles. The summed E-state index contributed by atoms with van der Waals surface area (Å²) in [5.41, 5.74) is 0.552. The van der Waals surface area contributed by atoms with E-state index in [4.69, 9.17) is 11.6 Å². The normalized spacial score (nSPS) is 15.5. The molecule has 0 aromatic carbocycles. The minimum atomic E-state index is -0.0404. The highest BCUT2D eigenvalue weighted by Crippen LogP contribution is 2.12. The third-order valence-corrected chi connectivity index (χ3v) is 4.06. The van der Waals surface area contributed by atoms with Crippen molar-refractivity contribution in [3.05, 3.63) is 29.0 Å². The summed E-state index contributed by atoms with van der Waals surface area (Å²) in [6.07, 6.45) is 3.61. The number of nitrogens with zero attached hydrogens (tertiary/aromatic N) is 3. The number of hydrogen-bond acceptors (Lipinski definition) is 4. The third kappa shape index (κ3) is 5.48. The topological polar surface area (TPSA) is 65.5 Å². The van der Waals surface area contributed by atoms with Crippen molar-refractivity contribution >= 4 is 23.4 Å². The van der Waals surface area contributed by atoms with Gasteiger partial charge in [0.15, 0.2) is 0 Å². The van der Waals surface area contributed by atoms with Gasteiger partial charge in [-0.1, -0.05) is 24.9 Å². The van der Waals surface area contributed by atoms with Crippen molar-refractivity contribution in [3.63, 3.8) is 0 Å². The van der Waals surface area contributed by atoms with E-state index < -0.39 is 0 Å². The van der Waals surface area contributed by atoms with Crippen molar-refractivity contribution < 1.29 is 9.59 Å². The fourth-order valence-electron chi connectivity index (χ4n) is 2.49. The highest BCUT2D eigenvalue weighted by atomic mass is 35.5. The van der Waals surface area contributed by atoms with Gasteiger partial charge < -0.3 is 10.2 Å². The lowest BCUT2D eigenvalue weighted by molar-refractivity contribution is -0.122. The number of carbonyl (C=O) groups excluding carboxylic acids is 2. The minimum absolute atomic E-state index is 0.0404. The van der Waals surface area contributed by atoms with Crippen molar-refractivity contribution in [2.75, 3.05) is 39.3 Å². The monoisotopic (exact) mass is 338 g/mol. The van der Waals surface area contributed by atoms with Gasteiger partial charge in [-0.15, -0.1) is 0 Å². The molecule has 2 amide bonds. The quantitative estimate of drug-likeness (QED) is 0.629. The lowest BCUT2D eigenvalue weighted by Gasteiger charge is -2.34. The van der Waals surface area contributed by atoms with Crippen LogP contribution in [0.2, 0.25) is 5.15 Å². The molecule has 0 bridgehead atoms. The molecular formula is C16H23ClN4O2. The summed E-state index contributed by atoms with van der Waals surface area (Å²) in [7, 11) is 0. The lowest BCUT2D eigenvalue weighted by Crippen LogP contribution is -2.51. The van der Waals surface area contributed by atoms with E-state index >= 15 is 0 Å². The molecule has 0 radical (unpaired) electrons. The number of carbonyl (C=O) groups is 2. The largest absolute Gasteiger partial charge is 0.355 e. The Morgan fingerprint density at radius 3 is 2.70 bits per heavy atom. The van der Waals surface area contributed by atoms with Crippen molar-refractivity contribution in [1.29, 1.82) is 0 Å². The zero-order valence-electron chi connectivity index (χ0n) is 13.4. The van der Waals surface area contributed by atoms with Gasteiger partial charge in [0.05, 0.1) is 6.54 Å². The summed E-state index contributed by atoms with van der Waals surface area (Å²) in [4.78, 5) is 31.9. The molecule has 0 saturated carbocycles. The second-order valence-corrected chi connectivity index (χ2v) is 6.03. The van der Waals surface area contributed by atoms with Gasteiger partial charge >= 0.3 is 0 Å². The van der Waals surface area contributed by atoms with Crippen LogP contribution in [-0.2, 0) is 4.79 Å². The van der Waals surface area contributed by atoms with Crippen molar-refractivity contribution in [3.8, 4) is 0 Å². The Morgan fingerprint density at radius 1 is 1.30 bits per heavy atom. The molecule has 0 aliphatic carbocycles. The predicted octanol–water partition coefficient (Wildman–Crippen LogP) is 1.41. The van der Waals surface area contributed by atoms with Crippen LogP contribution in [0.25, 0.3) is 0 Å². The molecule has 0 unspecified atom stereocenters. The number of nitrogens with one attached hydrogen (secondary N) is 1. The standard InChI is InChI=1S/C16H23ClN4O2/c1-2-3-5-19-15(22)12-20-7-9-21(10-8-20)16(23)13-4-6-18-14(17)11-13/h4,6,11H,2-3,5,7-10,12H2,1H3,(H,19,22). The maximum absolute atomic E-state index is 12.4. The molecule has 126 valence electrons. The number of amides is 2. The van der Waals surface area contributed by atoms with Crippen LogP contribution >= 0.6 is 11.6 Å². The van der Waals surface area contributed by atoms with E-state index in [2.05, 4.69) is 22.1 Å². The molecule has 7 heteroatoms. The predicted molar refractivity (Wildman–Crippen MR) is 89.5 cm³/mol. The van der Waals surface area contributed by atoms with Gasteiger partial charge in [-0.2, -0.15) is 0 Å². The van der Waals surface area contributed by atoms with Crippen LogP contribution in [-0.4, -0.2) is 65.9 Å². The van der Waals surface area contributed by atoms with E-state index in [0.717, 1.165) is 19.4 Å². The van der Waals surface area contributed by atoms with Gasteiger partial charge in [0.1, 0.15) is 5.15 Å². The Kier molecular flexibility index (Phi) is 6.80. The molecule has 1 aliphatic rings. The van der Waals surface area contributed by atoms with Crippen LogP contribution in [0.5, 0.6) is 0 Å². The number of unbranched alkanes of at least 4 members (excludes halogenated alkanes) is 1. The summed E-state index contributed by atoms with van der Waals surface area (Å²) < 4.78 is 0. The molecule has 1 aromatic rings. The number of aromatic nitrogens is 1. The Balaban J connectivity index is 1.77. The second kappa shape index (κ2) is 8.84. The summed E-state index contributed by atoms with van der Waals surface area (Å²) in [5.74, 6) is 0.0143. The maximum atomic E-state index is 12.4. The minimum Gasteiger partial charge on any atom is -0.355 e. The summed E-state index contributed by atoms with van der Waals surface area (Å²) >= 11 is 5.83. The lowest BCUT2D eigenvalue weighted by atomic mass is 10.2. The molecule has 1 N–H and O–H groups in total. The number of hydrogen-bond donors (Lipinski definition) is 1. The number of halogens is 1. The Hall–Kier alpha value is -1.66. The van der Waals surface area contributed by atoms with Gasteiger partial charge in [0, 0.05) is 44.5 Å². The zero-order chi connectivity index (χ0) is 16.7. The van der Waals surface area contributed by atoms with Crippen molar-refractivity contribution in [2.24, 2.45) is 0 Å². The first-order chi connectivity index (χ1) is 11.1. The van der Waals surface area contributed by atoms with Crippen LogP contribution in [0.4, 0.5) is 0 Å². The van der Waals surface area contributed by atoms with Gasteiger partial charge in [-0.05, 0) is 18.6 Å². The molecule has 1 saturated heterocycles. The van der Waals surface area contributed by atoms with Crippen LogP contribution in [0.3, 0.4) is 0 Å². The Labute approximate surface area is 141 Å². The SMILES string of the molecule is CCCCNC(=O)CN1CCN(C(=O)c2ccnc(Cl)c2)CC1. The van der Waals surface area contributed by atoms with E-state index in [1.807, 2.05) is 0 Å². The fraction of sp³-hybridized carbons (Fsp3) is 0.562. The average molecular weight is 339 g/mol.